The minimum Gasteiger partial charge on any atom is -0.462 e. The summed E-state index contributed by atoms with van der Waals surface area (Å²) < 4.78 is 32.2. The highest BCUT2D eigenvalue weighted by atomic mass is 31.2. The molecule has 0 radical (unpaired) electrons. The third-order valence-corrected chi connectivity index (χ3v) is 7.21. The normalized spacial score (nSPS) is 14.5. The first-order valence-corrected chi connectivity index (χ1v) is 16.5. The van der Waals surface area contributed by atoms with Gasteiger partial charge in [0, 0.05) is 12.8 Å². The topological polar surface area (TPSA) is 149 Å². The maximum absolute atomic E-state index is 12.3. The SMILES string of the molecule is CCCCCCCCCCC(=O)OC[C@H](COP(=O)(O)OC[C@@H](O)CO)OC(=O)CCCCCCCCCC. The van der Waals surface area contributed by atoms with Gasteiger partial charge in [-0.3, -0.25) is 18.6 Å². The largest absolute Gasteiger partial charge is 0.472 e. The Kier molecular flexibility index (Phi) is 25.2. The molecule has 0 amide bonds. The first kappa shape index (κ1) is 38.0. The first-order valence-electron chi connectivity index (χ1n) is 15.0. The Morgan fingerprint density at radius 3 is 1.59 bits per heavy atom. The quantitative estimate of drug-likeness (QED) is 0.0570. The summed E-state index contributed by atoms with van der Waals surface area (Å²) in [6.45, 7) is 2.27. The number of unbranched alkanes of at least 4 members (excludes halogenated alkanes) is 14. The van der Waals surface area contributed by atoms with Gasteiger partial charge in [-0.05, 0) is 12.8 Å². The second kappa shape index (κ2) is 25.9. The highest BCUT2D eigenvalue weighted by Crippen LogP contribution is 2.43. The molecule has 0 aliphatic carbocycles. The van der Waals surface area contributed by atoms with Crippen LogP contribution >= 0.6 is 7.82 Å². The molecule has 0 aliphatic heterocycles. The lowest BCUT2D eigenvalue weighted by Crippen LogP contribution is -2.29. The van der Waals surface area contributed by atoms with Crippen LogP contribution in [0.25, 0.3) is 0 Å². The fourth-order valence-electron chi connectivity index (χ4n) is 3.87. The zero-order valence-corrected chi connectivity index (χ0v) is 25.3. The van der Waals surface area contributed by atoms with Crippen molar-refractivity contribution in [2.45, 2.75) is 142 Å². The third-order valence-electron chi connectivity index (χ3n) is 6.26. The Labute approximate surface area is 235 Å². The van der Waals surface area contributed by atoms with E-state index >= 15 is 0 Å². The minimum absolute atomic E-state index is 0.188. The molecular weight excluding hydrogens is 527 g/mol. The van der Waals surface area contributed by atoms with E-state index in [0.717, 1.165) is 38.5 Å². The number of aliphatic hydroxyl groups excluding tert-OH is 2. The van der Waals surface area contributed by atoms with Gasteiger partial charge in [-0.15, -0.1) is 0 Å². The van der Waals surface area contributed by atoms with Crippen molar-refractivity contribution in [3.63, 3.8) is 0 Å². The lowest BCUT2D eigenvalue weighted by molar-refractivity contribution is -0.161. The summed E-state index contributed by atoms with van der Waals surface area (Å²) in [6.07, 6.45) is 15.4. The van der Waals surface area contributed by atoms with Gasteiger partial charge in [0.25, 0.3) is 0 Å². The molecule has 3 N–H and O–H groups in total. The van der Waals surface area contributed by atoms with Crippen LogP contribution in [-0.4, -0.2) is 65.7 Å². The molecule has 1 unspecified atom stereocenters. The maximum atomic E-state index is 12.3. The van der Waals surface area contributed by atoms with Crippen molar-refractivity contribution in [2.24, 2.45) is 0 Å². The number of carbonyl (C=O) groups is 2. The highest BCUT2D eigenvalue weighted by molar-refractivity contribution is 7.47. The molecule has 0 aromatic rings. The van der Waals surface area contributed by atoms with Gasteiger partial charge in [0.2, 0.25) is 0 Å². The lowest BCUT2D eigenvalue weighted by atomic mass is 10.1. The smallest absolute Gasteiger partial charge is 0.462 e. The zero-order chi connectivity index (χ0) is 29.2. The molecule has 3 atom stereocenters. The molecule has 0 saturated heterocycles. The van der Waals surface area contributed by atoms with E-state index in [-0.39, 0.29) is 19.4 Å². The van der Waals surface area contributed by atoms with E-state index in [1.165, 1.54) is 51.4 Å². The summed E-state index contributed by atoms with van der Waals surface area (Å²) in [5, 5.41) is 18.1. The predicted octanol–water partition coefficient (Wildman–Crippen LogP) is 5.99. The first-order chi connectivity index (χ1) is 18.7. The molecule has 11 heteroatoms. The molecule has 0 fully saturated rings. The van der Waals surface area contributed by atoms with E-state index in [1.54, 1.807) is 0 Å². The zero-order valence-electron chi connectivity index (χ0n) is 24.4. The van der Waals surface area contributed by atoms with Gasteiger partial charge >= 0.3 is 19.8 Å². The number of ether oxygens (including phenoxy) is 2. The van der Waals surface area contributed by atoms with Crippen LogP contribution in [0.4, 0.5) is 0 Å². The van der Waals surface area contributed by atoms with E-state index < -0.39 is 51.8 Å². The van der Waals surface area contributed by atoms with Crippen molar-refractivity contribution in [1.82, 2.24) is 0 Å². The van der Waals surface area contributed by atoms with Crippen molar-refractivity contribution in [1.29, 1.82) is 0 Å². The average molecular weight is 583 g/mol. The highest BCUT2D eigenvalue weighted by Gasteiger charge is 2.27. The van der Waals surface area contributed by atoms with Crippen molar-refractivity contribution in [3.05, 3.63) is 0 Å². The number of hydrogen-bond acceptors (Lipinski definition) is 9. The van der Waals surface area contributed by atoms with Crippen LogP contribution in [0.2, 0.25) is 0 Å². The standard InChI is InChI=1S/C28H55O10P/c1-3-5-7-9-11-13-15-17-19-27(31)35-23-26(24-37-39(33,34)36-22-25(30)21-29)38-28(32)20-18-16-14-12-10-8-6-4-2/h25-26,29-30H,3-24H2,1-2H3,(H,33,34)/t25-,26+/m0/s1. The Hall–Kier alpha value is -1.03. The molecule has 0 aromatic carbocycles. The second-order valence-electron chi connectivity index (χ2n) is 10.1. The third kappa shape index (κ3) is 25.7. The van der Waals surface area contributed by atoms with Gasteiger partial charge in [-0.25, -0.2) is 4.57 Å². The van der Waals surface area contributed by atoms with Crippen LogP contribution in [0.5, 0.6) is 0 Å². The van der Waals surface area contributed by atoms with Crippen molar-refractivity contribution < 1.29 is 47.8 Å². The minimum atomic E-state index is -4.59. The number of aliphatic hydroxyl groups is 2. The van der Waals surface area contributed by atoms with Gasteiger partial charge in [0.1, 0.15) is 12.7 Å². The van der Waals surface area contributed by atoms with Crippen molar-refractivity contribution >= 4 is 19.8 Å². The number of hydrogen-bond donors (Lipinski definition) is 3. The van der Waals surface area contributed by atoms with Crippen LogP contribution in [0.1, 0.15) is 129 Å². The van der Waals surface area contributed by atoms with Crippen LogP contribution < -0.4 is 0 Å². The van der Waals surface area contributed by atoms with E-state index in [1.807, 2.05) is 0 Å². The van der Waals surface area contributed by atoms with Crippen LogP contribution in [0.15, 0.2) is 0 Å². The molecule has 0 spiro atoms. The van der Waals surface area contributed by atoms with Gasteiger partial charge < -0.3 is 24.6 Å². The fraction of sp³-hybridized carbons (Fsp3) is 0.929. The lowest BCUT2D eigenvalue weighted by Gasteiger charge is -2.20. The number of esters is 2. The summed E-state index contributed by atoms with van der Waals surface area (Å²) in [5.74, 6) is -0.933. The Morgan fingerprint density at radius 1 is 0.667 bits per heavy atom. The Bertz CT molecular complexity index is 646. The molecule has 0 saturated carbocycles. The molecule has 0 aliphatic rings. The number of rotatable bonds is 28. The molecule has 0 bridgehead atoms. The monoisotopic (exact) mass is 582 g/mol. The van der Waals surface area contributed by atoms with Crippen molar-refractivity contribution in [3.8, 4) is 0 Å². The van der Waals surface area contributed by atoms with Gasteiger partial charge in [0.05, 0.1) is 19.8 Å². The van der Waals surface area contributed by atoms with Crippen LogP contribution in [-0.2, 0) is 32.7 Å². The van der Waals surface area contributed by atoms with Crippen LogP contribution in [0, 0.1) is 0 Å². The van der Waals surface area contributed by atoms with Gasteiger partial charge in [0.15, 0.2) is 6.10 Å². The summed E-state index contributed by atoms with van der Waals surface area (Å²) in [4.78, 5) is 34.3. The number of carbonyl (C=O) groups excluding carboxylic acids is 2. The Balaban J connectivity index is 4.50. The second-order valence-corrected chi connectivity index (χ2v) is 11.6. The summed E-state index contributed by atoms with van der Waals surface area (Å²) in [7, 11) is -4.59. The summed E-state index contributed by atoms with van der Waals surface area (Å²) in [6, 6.07) is 0. The number of phosphoric acid groups is 1. The van der Waals surface area contributed by atoms with Crippen molar-refractivity contribution in [2.75, 3.05) is 26.4 Å². The molecule has 10 nitrogen and oxygen atoms in total. The van der Waals surface area contributed by atoms with E-state index in [4.69, 9.17) is 19.1 Å². The molecule has 0 heterocycles. The molecule has 232 valence electrons. The van der Waals surface area contributed by atoms with E-state index in [2.05, 4.69) is 18.4 Å². The number of phosphoric ester groups is 1. The van der Waals surface area contributed by atoms with Gasteiger partial charge in [-0.1, -0.05) is 104 Å². The average Bonchev–Trinajstić information content (AvgIpc) is 2.91. The maximum Gasteiger partial charge on any atom is 0.472 e. The summed E-state index contributed by atoms with van der Waals surface area (Å²) in [5.41, 5.74) is 0. The fourth-order valence-corrected chi connectivity index (χ4v) is 4.66. The van der Waals surface area contributed by atoms with Crippen LogP contribution in [0.3, 0.4) is 0 Å². The van der Waals surface area contributed by atoms with E-state index in [0.29, 0.717) is 12.8 Å². The molecule has 39 heavy (non-hydrogen) atoms. The molecular formula is C28H55O10P. The van der Waals surface area contributed by atoms with E-state index in [9.17, 15) is 24.2 Å². The van der Waals surface area contributed by atoms with Gasteiger partial charge in [-0.2, -0.15) is 0 Å². The Morgan fingerprint density at radius 2 is 1.10 bits per heavy atom. The molecule has 0 aromatic heterocycles. The predicted molar refractivity (Wildman–Crippen MR) is 150 cm³/mol. The molecule has 0 rings (SSSR count). The summed E-state index contributed by atoms with van der Waals surface area (Å²) >= 11 is 0.